The van der Waals surface area contributed by atoms with Crippen molar-refractivity contribution in [2.45, 2.75) is 17.9 Å². The molecule has 1 saturated heterocycles. The molecule has 1 fully saturated rings. The van der Waals surface area contributed by atoms with Gasteiger partial charge in [0.25, 0.3) is 5.91 Å². The summed E-state index contributed by atoms with van der Waals surface area (Å²) in [5.41, 5.74) is 0. The summed E-state index contributed by atoms with van der Waals surface area (Å²) < 4.78 is 45.5. The first-order valence-electron chi connectivity index (χ1n) is 8.64. The van der Waals surface area contributed by atoms with Crippen LogP contribution in [0.15, 0.2) is 59.5 Å². The number of sulfonamides is 1. The van der Waals surface area contributed by atoms with Crippen LogP contribution in [0.3, 0.4) is 0 Å². The third-order valence-corrected chi connectivity index (χ3v) is 6.28. The highest BCUT2D eigenvalue weighted by Gasteiger charge is 2.32. The molecule has 1 amide bonds. The van der Waals surface area contributed by atoms with Crippen molar-refractivity contribution in [2.75, 3.05) is 26.2 Å². The molecule has 144 valence electrons. The molecule has 8 heteroatoms. The number of ether oxygens (including phenoxy) is 1. The fraction of sp³-hybridized carbons (Fsp3) is 0.316. The van der Waals surface area contributed by atoms with Crippen LogP contribution in [-0.2, 0) is 14.8 Å². The second-order valence-electron chi connectivity index (χ2n) is 6.26. The van der Waals surface area contributed by atoms with Crippen LogP contribution >= 0.6 is 0 Å². The van der Waals surface area contributed by atoms with Crippen molar-refractivity contribution in [3.8, 4) is 5.75 Å². The predicted octanol–water partition coefficient (Wildman–Crippen LogP) is 2.13. The van der Waals surface area contributed by atoms with Gasteiger partial charge in [-0.3, -0.25) is 4.79 Å². The molecular formula is C19H21FN2O4S. The molecular weight excluding hydrogens is 371 g/mol. The molecule has 3 rings (SSSR count). The van der Waals surface area contributed by atoms with E-state index >= 15 is 0 Å². The molecule has 2 aromatic carbocycles. The van der Waals surface area contributed by atoms with Crippen LogP contribution in [0.2, 0.25) is 0 Å². The number of benzene rings is 2. The first-order chi connectivity index (χ1) is 12.9. The summed E-state index contributed by atoms with van der Waals surface area (Å²) in [6.07, 6.45) is -0.668. The first-order valence-corrected chi connectivity index (χ1v) is 10.1. The van der Waals surface area contributed by atoms with Crippen LogP contribution in [0.1, 0.15) is 6.92 Å². The van der Waals surface area contributed by atoms with Crippen molar-refractivity contribution >= 4 is 15.9 Å². The Kier molecular flexibility index (Phi) is 5.76. The van der Waals surface area contributed by atoms with Crippen LogP contribution < -0.4 is 4.74 Å². The summed E-state index contributed by atoms with van der Waals surface area (Å²) in [6.45, 7) is 2.50. The van der Waals surface area contributed by atoms with Crippen molar-refractivity contribution in [1.29, 1.82) is 0 Å². The Bertz CT molecular complexity index is 897. The lowest BCUT2D eigenvalue weighted by molar-refractivity contribution is -0.139. The number of hydrogen-bond donors (Lipinski definition) is 0. The van der Waals surface area contributed by atoms with Gasteiger partial charge in [-0.1, -0.05) is 24.3 Å². The van der Waals surface area contributed by atoms with Crippen molar-refractivity contribution < 1.29 is 22.3 Å². The van der Waals surface area contributed by atoms with Gasteiger partial charge in [0, 0.05) is 26.2 Å². The number of para-hydroxylation sites is 1. The van der Waals surface area contributed by atoms with Crippen LogP contribution in [0.5, 0.6) is 5.75 Å². The van der Waals surface area contributed by atoms with Gasteiger partial charge in [0.2, 0.25) is 10.0 Å². The second-order valence-corrected chi connectivity index (χ2v) is 8.20. The summed E-state index contributed by atoms with van der Waals surface area (Å²) in [4.78, 5) is 14.1. The Balaban J connectivity index is 1.60. The number of hydrogen-bond acceptors (Lipinski definition) is 4. The predicted molar refractivity (Wildman–Crippen MR) is 98.3 cm³/mol. The van der Waals surface area contributed by atoms with E-state index in [1.807, 2.05) is 18.2 Å². The molecule has 1 atom stereocenters. The normalized spacial score (nSPS) is 16.7. The molecule has 1 heterocycles. The maximum Gasteiger partial charge on any atom is 0.263 e. The molecule has 1 aliphatic rings. The quantitative estimate of drug-likeness (QED) is 0.782. The number of piperazine rings is 1. The molecule has 0 radical (unpaired) electrons. The van der Waals surface area contributed by atoms with Crippen molar-refractivity contribution in [3.05, 3.63) is 60.4 Å². The Labute approximate surface area is 158 Å². The average molecular weight is 392 g/mol. The summed E-state index contributed by atoms with van der Waals surface area (Å²) in [6, 6.07) is 14.0. The van der Waals surface area contributed by atoms with Gasteiger partial charge in [0.15, 0.2) is 6.10 Å². The summed E-state index contributed by atoms with van der Waals surface area (Å²) >= 11 is 0. The summed E-state index contributed by atoms with van der Waals surface area (Å²) in [7, 11) is -3.78. The van der Waals surface area contributed by atoms with Gasteiger partial charge in [-0.2, -0.15) is 4.31 Å². The standard InChI is InChI=1S/C19H21FN2O4S/c1-15(26-17-7-3-2-4-8-17)19(23)21-10-12-22(13-11-21)27(24,25)18-9-5-6-16(20)14-18/h2-9,14-15H,10-13H2,1H3/t15-/m1/s1. The van der Waals surface area contributed by atoms with Gasteiger partial charge in [0.1, 0.15) is 11.6 Å². The topological polar surface area (TPSA) is 66.9 Å². The molecule has 2 aromatic rings. The monoisotopic (exact) mass is 392 g/mol. The average Bonchev–Trinajstić information content (AvgIpc) is 2.68. The lowest BCUT2D eigenvalue weighted by Crippen LogP contribution is -2.53. The Morgan fingerprint density at radius 1 is 1.04 bits per heavy atom. The molecule has 0 bridgehead atoms. The largest absolute Gasteiger partial charge is 0.481 e. The zero-order chi connectivity index (χ0) is 19.4. The smallest absolute Gasteiger partial charge is 0.263 e. The minimum absolute atomic E-state index is 0.0805. The van der Waals surface area contributed by atoms with E-state index in [9.17, 15) is 17.6 Å². The molecule has 0 unspecified atom stereocenters. The van der Waals surface area contributed by atoms with Gasteiger partial charge in [0.05, 0.1) is 4.90 Å². The molecule has 0 saturated carbocycles. The third-order valence-electron chi connectivity index (χ3n) is 4.39. The van der Waals surface area contributed by atoms with Crippen LogP contribution in [0.25, 0.3) is 0 Å². The number of amides is 1. The van der Waals surface area contributed by atoms with Crippen molar-refractivity contribution in [1.82, 2.24) is 9.21 Å². The van der Waals surface area contributed by atoms with Crippen LogP contribution in [0.4, 0.5) is 4.39 Å². The van der Waals surface area contributed by atoms with E-state index in [0.29, 0.717) is 5.75 Å². The number of carbonyl (C=O) groups excluding carboxylic acids is 1. The summed E-state index contributed by atoms with van der Waals surface area (Å²) in [5.74, 6) is -0.191. The zero-order valence-corrected chi connectivity index (χ0v) is 15.7. The fourth-order valence-corrected chi connectivity index (χ4v) is 4.39. The number of carbonyl (C=O) groups is 1. The van der Waals surface area contributed by atoms with Gasteiger partial charge >= 0.3 is 0 Å². The lowest BCUT2D eigenvalue weighted by Gasteiger charge is -2.35. The van der Waals surface area contributed by atoms with Gasteiger partial charge in [-0.05, 0) is 37.3 Å². The Hall–Kier alpha value is -2.45. The number of nitrogens with zero attached hydrogens (tertiary/aromatic N) is 2. The second kappa shape index (κ2) is 8.06. The van der Waals surface area contributed by atoms with Gasteiger partial charge in [-0.15, -0.1) is 0 Å². The molecule has 0 aromatic heterocycles. The highest BCUT2D eigenvalue weighted by molar-refractivity contribution is 7.89. The van der Waals surface area contributed by atoms with E-state index in [1.165, 1.54) is 22.5 Å². The molecule has 6 nitrogen and oxygen atoms in total. The van der Waals surface area contributed by atoms with E-state index < -0.39 is 21.9 Å². The minimum atomic E-state index is -3.78. The molecule has 27 heavy (non-hydrogen) atoms. The van der Waals surface area contributed by atoms with E-state index in [-0.39, 0.29) is 37.0 Å². The highest BCUT2D eigenvalue weighted by Crippen LogP contribution is 2.19. The van der Waals surface area contributed by atoms with Crippen LogP contribution in [0, 0.1) is 5.82 Å². The maximum atomic E-state index is 13.4. The maximum absolute atomic E-state index is 13.4. The Morgan fingerprint density at radius 2 is 1.70 bits per heavy atom. The Morgan fingerprint density at radius 3 is 2.33 bits per heavy atom. The zero-order valence-electron chi connectivity index (χ0n) is 14.9. The third kappa shape index (κ3) is 4.45. The molecule has 1 aliphatic heterocycles. The van der Waals surface area contributed by atoms with Gasteiger partial charge in [-0.25, -0.2) is 12.8 Å². The molecule has 0 aliphatic carbocycles. The highest BCUT2D eigenvalue weighted by atomic mass is 32.2. The van der Waals surface area contributed by atoms with Crippen molar-refractivity contribution in [3.63, 3.8) is 0 Å². The van der Waals surface area contributed by atoms with Crippen LogP contribution in [-0.4, -0.2) is 55.8 Å². The van der Waals surface area contributed by atoms with Crippen molar-refractivity contribution in [2.24, 2.45) is 0 Å². The van der Waals surface area contributed by atoms with E-state index in [4.69, 9.17) is 4.74 Å². The minimum Gasteiger partial charge on any atom is -0.481 e. The lowest BCUT2D eigenvalue weighted by atomic mass is 10.3. The fourth-order valence-electron chi connectivity index (χ4n) is 2.94. The SMILES string of the molecule is C[C@@H](Oc1ccccc1)C(=O)N1CCN(S(=O)(=O)c2cccc(F)c2)CC1. The molecule has 0 N–H and O–H groups in total. The van der Waals surface area contributed by atoms with E-state index in [2.05, 4.69) is 0 Å². The molecule has 0 spiro atoms. The number of rotatable bonds is 5. The van der Waals surface area contributed by atoms with E-state index in [0.717, 1.165) is 6.07 Å². The van der Waals surface area contributed by atoms with E-state index in [1.54, 1.807) is 24.0 Å². The first kappa shape index (κ1) is 19.3. The summed E-state index contributed by atoms with van der Waals surface area (Å²) in [5, 5.41) is 0. The van der Waals surface area contributed by atoms with Gasteiger partial charge < -0.3 is 9.64 Å². The number of halogens is 1.